The average molecular weight is 237 g/mol. The van der Waals surface area contributed by atoms with Gasteiger partial charge < -0.3 is 5.11 Å². The number of nitriles is 1. The molecule has 2 aromatic carbocycles. The van der Waals surface area contributed by atoms with Gasteiger partial charge in [-0.05, 0) is 35.2 Å². The summed E-state index contributed by atoms with van der Waals surface area (Å²) >= 11 is 0. The number of aryl methyl sites for hydroxylation is 1. The molecular formula is C16H15NO. The lowest BCUT2D eigenvalue weighted by Crippen LogP contribution is -1.99. The Labute approximate surface area is 107 Å². The van der Waals surface area contributed by atoms with E-state index in [-0.39, 0.29) is 0 Å². The number of aliphatic hydroxyl groups excluding tert-OH is 1. The van der Waals surface area contributed by atoms with E-state index in [0.29, 0.717) is 5.56 Å². The van der Waals surface area contributed by atoms with Crippen molar-refractivity contribution in [2.75, 3.05) is 0 Å². The number of aliphatic hydroxyl groups is 1. The normalized spacial score (nSPS) is 11.8. The van der Waals surface area contributed by atoms with Crippen molar-refractivity contribution in [3.8, 4) is 6.07 Å². The molecule has 18 heavy (non-hydrogen) atoms. The van der Waals surface area contributed by atoms with Gasteiger partial charge in [-0.15, -0.1) is 0 Å². The van der Waals surface area contributed by atoms with Gasteiger partial charge in [0.05, 0.1) is 11.6 Å². The maximum atomic E-state index is 10.2. The van der Waals surface area contributed by atoms with Crippen LogP contribution < -0.4 is 0 Å². The minimum atomic E-state index is -0.636. The van der Waals surface area contributed by atoms with Crippen molar-refractivity contribution in [2.24, 2.45) is 0 Å². The number of hydrogen-bond donors (Lipinski definition) is 1. The smallest absolute Gasteiger partial charge is 0.104 e. The van der Waals surface area contributed by atoms with Crippen LogP contribution in [0.5, 0.6) is 0 Å². The van der Waals surface area contributed by atoms with Gasteiger partial charge in [0.1, 0.15) is 6.10 Å². The lowest BCUT2D eigenvalue weighted by atomic mass is 9.99. The Balaban J connectivity index is 2.23. The molecule has 2 rings (SSSR count). The predicted molar refractivity (Wildman–Crippen MR) is 71.0 cm³/mol. The summed E-state index contributed by atoms with van der Waals surface area (Å²) in [4.78, 5) is 0. The Kier molecular flexibility index (Phi) is 3.76. The molecule has 0 spiro atoms. The molecule has 0 aliphatic rings. The minimum Gasteiger partial charge on any atom is -0.384 e. The van der Waals surface area contributed by atoms with Gasteiger partial charge in [-0.1, -0.05) is 43.3 Å². The lowest BCUT2D eigenvalue weighted by Gasteiger charge is -2.12. The predicted octanol–water partition coefficient (Wildman–Crippen LogP) is 3.20. The fraction of sp³-hybridized carbons (Fsp3) is 0.188. The maximum Gasteiger partial charge on any atom is 0.104 e. The number of hydrogen-bond acceptors (Lipinski definition) is 2. The van der Waals surface area contributed by atoms with E-state index in [2.05, 4.69) is 13.0 Å². The fourth-order valence-corrected chi connectivity index (χ4v) is 1.87. The van der Waals surface area contributed by atoms with E-state index in [9.17, 15) is 5.11 Å². The van der Waals surface area contributed by atoms with Crippen LogP contribution in [-0.2, 0) is 6.42 Å². The van der Waals surface area contributed by atoms with E-state index in [1.165, 1.54) is 5.56 Å². The van der Waals surface area contributed by atoms with Crippen LogP contribution in [0.4, 0.5) is 0 Å². The van der Waals surface area contributed by atoms with E-state index in [4.69, 9.17) is 5.26 Å². The zero-order valence-corrected chi connectivity index (χ0v) is 10.3. The second-order valence-corrected chi connectivity index (χ2v) is 4.23. The van der Waals surface area contributed by atoms with Crippen molar-refractivity contribution < 1.29 is 5.11 Å². The monoisotopic (exact) mass is 237 g/mol. The van der Waals surface area contributed by atoms with Crippen LogP contribution in [0.15, 0.2) is 48.5 Å². The van der Waals surface area contributed by atoms with Crippen molar-refractivity contribution in [1.82, 2.24) is 0 Å². The van der Waals surface area contributed by atoms with Crippen molar-refractivity contribution in [3.05, 3.63) is 70.8 Å². The first-order valence-corrected chi connectivity index (χ1v) is 6.01. The van der Waals surface area contributed by atoms with Crippen LogP contribution in [0.1, 0.15) is 35.3 Å². The van der Waals surface area contributed by atoms with Gasteiger partial charge in [-0.3, -0.25) is 0 Å². The van der Waals surface area contributed by atoms with E-state index in [0.717, 1.165) is 17.5 Å². The molecule has 2 heteroatoms. The highest BCUT2D eigenvalue weighted by Crippen LogP contribution is 2.22. The molecule has 1 atom stereocenters. The highest BCUT2D eigenvalue weighted by molar-refractivity contribution is 5.36. The van der Waals surface area contributed by atoms with Crippen LogP contribution >= 0.6 is 0 Å². The summed E-state index contributed by atoms with van der Waals surface area (Å²) in [6.45, 7) is 2.10. The summed E-state index contributed by atoms with van der Waals surface area (Å²) in [5.74, 6) is 0. The summed E-state index contributed by atoms with van der Waals surface area (Å²) in [6.07, 6.45) is 0.358. The Hall–Kier alpha value is -2.11. The summed E-state index contributed by atoms with van der Waals surface area (Å²) < 4.78 is 0. The fourth-order valence-electron chi connectivity index (χ4n) is 1.87. The number of nitrogens with zero attached hydrogens (tertiary/aromatic N) is 1. The van der Waals surface area contributed by atoms with Gasteiger partial charge in [-0.25, -0.2) is 0 Å². The summed E-state index contributed by atoms with van der Waals surface area (Å²) in [6, 6.07) is 17.0. The standard InChI is InChI=1S/C16H15NO/c1-2-12-3-7-14(8-4-12)16(18)15-9-5-13(11-17)6-10-15/h3-10,16,18H,2H2,1H3. The zero-order valence-electron chi connectivity index (χ0n) is 10.3. The number of rotatable bonds is 3. The molecule has 1 N–H and O–H groups in total. The summed E-state index contributed by atoms with van der Waals surface area (Å²) in [5.41, 5.74) is 3.54. The SMILES string of the molecule is CCc1ccc(C(O)c2ccc(C#N)cc2)cc1. The zero-order chi connectivity index (χ0) is 13.0. The topological polar surface area (TPSA) is 44.0 Å². The average Bonchev–Trinajstić information content (AvgIpc) is 2.47. The third kappa shape index (κ3) is 2.58. The molecule has 2 nitrogen and oxygen atoms in total. The molecule has 90 valence electrons. The van der Waals surface area contributed by atoms with Gasteiger partial charge in [0.25, 0.3) is 0 Å². The molecular weight excluding hydrogens is 222 g/mol. The number of benzene rings is 2. The van der Waals surface area contributed by atoms with Gasteiger partial charge in [-0.2, -0.15) is 5.26 Å². The molecule has 0 aliphatic heterocycles. The Morgan fingerprint density at radius 1 is 1.00 bits per heavy atom. The van der Waals surface area contributed by atoms with E-state index in [1.54, 1.807) is 24.3 Å². The Morgan fingerprint density at radius 3 is 1.94 bits per heavy atom. The molecule has 0 heterocycles. The molecule has 0 aliphatic carbocycles. The second-order valence-electron chi connectivity index (χ2n) is 4.23. The molecule has 0 fully saturated rings. The molecule has 0 saturated carbocycles. The lowest BCUT2D eigenvalue weighted by molar-refractivity contribution is 0.220. The molecule has 0 bridgehead atoms. The highest BCUT2D eigenvalue weighted by Gasteiger charge is 2.09. The first kappa shape index (κ1) is 12.3. The van der Waals surface area contributed by atoms with Crippen molar-refractivity contribution in [2.45, 2.75) is 19.4 Å². The summed E-state index contributed by atoms with van der Waals surface area (Å²) in [5, 5.41) is 19.0. The van der Waals surface area contributed by atoms with Crippen LogP contribution in [0, 0.1) is 11.3 Å². The first-order valence-electron chi connectivity index (χ1n) is 6.01. The van der Waals surface area contributed by atoms with Crippen LogP contribution in [-0.4, -0.2) is 5.11 Å². The van der Waals surface area contributed by atoms with Crippen LogP contribution in [0.2, 0.25) is 0 Å². The van der Waals surface area contributed by atoms with E-state index in [1.807, 2.05) is 24.3 Å². The quantitative estimate of drug-likeness (QED) is 0.890. The van der Waals surface area contributed by atoms with Crippen LogP contribution in [0.3, 0.4) is 0 Å². The highest BCUT2D eigenvalue weighted by atomic mass is 16.3. The first-order chi connectivity index (χ1) is 8.74. The third-order valence-electron chi connectivity index (χ3n) is 3.06. The second kappa shape index (κ2) is 5.48. The molecule has 2 aromatic rings. The van der Waals surface area contributed by atoms with Crippen molar-refractivity contribution in [3.63, 3.8) is 0 Å². The van der Waals surface area contributed by atoms with Crippen LogP contribution in [0.25, 0.3) is 0 Å². The third-order valence-corrected chi connectivity index (χ3v) is 3.06. The molecule has 0 amide bonds. The van der Waals surface area contributed by atoms with Gasteiger partial charge in [0, 0.05) is 0 Å². The van der Waals surface area contributed by atoms with Gasteiger partial charge in [0.15, 0.2) is 0 Å². The van der Waals surface area contributed by atoms with E-state index >= 15 is 0 Å². The van der Waals surface area contributed by atoms with E-state index < -0.39 is 6.10 Å². The molecule has 0 aromatic heterocycles. The van der Waals surface area contributed by atoms with Gasteiger partial charge in [0.2, 0.25) is 0 Å². The minimum absolute atomic E-state index is 0.604. The Morgan fingerprint density at radius 2 is 1.50 bits per heavy atom. The largest absolute Gasteiger partial charge is 0.384 e. The molecule has 0 saturated heterocycles. The van der Waals surface area contributed by atoms with Crippen molar-refractivity contribution >= 4 is 0 Å². The maximum absolute atomic E-state index is 10.2. The summed E-state index contributed by atoms with van der Waals surface area (Å²) in [7, 11) is 0. The molecule has 1 unspecified atom stereocenters. The van der Waals surface area contributed by atoms with Crippen molar-refractivity contribution in [1.29, 1.82) is 5.26 Å². The Bertz CT molecular complexity index is 549. The molecule has 0 radical (unpaired) electrons. The van der Waals surface area contributed by atoms with Gasteiger partial charge >= 0.3 is 0 Å².